The standard InChI is InChI=1S/C16H24FNO2/c1-3-8-18-16(10-19,13-4-5-13)11-20-14-6-7-15(17)12(2)9-14/h6-7,9,13,18-19H,3-5,8,10-11H2,1-2H3. The van der Waals surface area contributed by atoms with Gasteiger partial charge in [0.05, 0.1) is 12.1 Å². The van der Waals surface area contributed by atoms with Gasteiger partial charge in [-0.25, -0.2) is 4.39 Å². The summed E-state index contributed by atoms with van der Waals surface area (Å²) in [6, 6.07) is 4.75. The summed E-state index contributed by atoms with van der Waals surface area (Å²) in [5.74, 6) is 0.901. The Labute approximate surface area is 120 Å². The van der Waals surface area contributed by atoms with Crippen LogP contribution in [0, 0.1) is 18.7 Å². The van der Waals surface area contributed by atoms with E-state index in [0.717, 1.165) is 25.8 Å². The molecule has 1 unspecified atom stereocenters. The summed E-state index contributed by atoms with van der Waals surface area (Å²) in [5.41, 5.74) is 0.211. The Hall–Kier alpha value is -1.13. The molecule has 112 valence electrons. The molecule has 2 N–H and O–H groups in total. The summed E-state index contributed by atoms with van der Waals surface area (Å²) >= 11 is 0. The first-order valence-electron chi connectivity index (χ1n) is 7.36. The molecule has 1 aromatic carbocycles. The van der Waals surface area contributed by atoms with Gasteiger partial charge in [-0.3, -0.25) is 0 Å². The van der Waals surface area contributed by atoms with E-state index in [1.54, 1.807) is 19.1 Å². The van der Waals surface area contributed by atoms with E-state index in [-0.39, 0.29) is 18.0 Å². The van der Waals surface area contributed by atoms with Crippen LogP contribution in [0.3, 0.4) is 0 Å². The van der Waals surface area contributed by atoms with Crippen molar-refractivity contribution in [3.8, 4) is 5.75 Å². The Balaban J connectivity index is 2.02. The fourth-order valence-electron chi connectivity index (χ4n) is 2.47. The number of benzene rings is 1. The number of hydrogen-bond donors (Lipinski definition) is 2. The maximum atomic E-state index is 13.2. The highest BCUT2D eigenvalue weighted by molar-refractivity contribution is 5.29. The van der Waals surface area contributed by atoms with Crippen molar-refractivity contribution in [1.29, 1.82) is 0 Å². The van der Waals surface area contributed by atoms with Crippen LogP contribution in [0.5, 0.6) is 5.75 Å². The Bertz CT molecular complexity index is 448. The van der Waals surface area contributed by atoms with E-state index < -0.39 is 0 Å². The van der Waals surface area contributed by atoms with Gasteiger partial charge >= 0.3 is 0 Å². The highest BCUT2D eigenvalue weighted by Gasteiger charge is 2.45. The molecular weight excluding hydrogens is 257 g/mol. The molecule has 1 atom stereocenters. The molecular formula is C16H24FNO2. The molecule has 1 fully saturated rings. The lowest BCUT2D eigenvalue weighted by molar-refractivity contribution is 0.0850. The average molecular weight is 281 g/mol. The van der Waals surface area contributed by atoms with Crippen molar-refractivity contribution in [3.63, 3.8) is 0 Å². The number of aliphatic hydroxyl groups is 1. The van der Waals surface area contributed by atoms with Crippen LogP contribution in [-0.2, 0) is 0 Å². The first-order valence-corrected chi connectivity index (χ1v) is 7.36. The van der Waals surface area contributed by atoms with Crippen LogP contribution >= 0.6 is 0 Å². The van der Waals surface area contributed by atoms with E-state index >= 15 is 0 Å². The summed E-state index contributed by atoms with van der Waals surface area (Å²) in [7, 11) is 0. The molecule has 0 aliphatic heterocycles. The Morgan fingerprint density at radius 3 is 2.75 bits per heavy atom. The largest absolute Gasteiger partial charge is 0.492 e. The maximum Gasteiger partial charge on any atom is 0.126 e. The Morgan fingerprint density at radius 2 is 2.20 bits per heavy atom. The second-order valence-electron chi connectivity index (χ2n) is 5.71. The number of aryl methyl sites for hydroxylation is 1. The third-order valence-electron chi connectivity index (χ3n) is 3.99. The smallest absolute Gasteiger partial charge is 0.126 e. The summed E-state index contributed by atoms with van der Waals surface area (Å²) in [4.78, 5) is 0. The van der Waals surface area contributed by atoms with Crippen LogP contribution in [0.25, 0.3) is 0 Å². The molecule has 1 saturated carbocycles. The van der Waals surface area contributed by atoms with E-state index in [0.29, 0.717) is 23.8 Å². The van der Waals surface area contributed by atoms with Crippen molar-refractivity contribution in [1.82, 2.24) is 5.32 Å². The molecule has 0 saturated heterocycles. The highest BCUT2D eigenvalue weighted by atomic mass is 19.1. The minimum absolute atomic E-state index is 0.0673. The monoisotopic (exact) mass is 281 g/mol. The van der Waals surface area contributed by atoms with Crippen molar-refractivity contribution < 1.29 is 14.2 Å². The molecule has 0 aromatic heterocycles. The number of aliphatic hydroxyl groups excluding tert-OH is 1. The van der Waals surface area contributed by atoms with E-state index in [2.05, 4.69) is 12.2 Å². The molecule has 0 spiro atoms. The van der Waals surface area contributed by atoms with Gasteiger partial charge in [-0.15, -0.1) is 0 Å². The molecule has 1 aliphatic rings. The zero-order valence-electron chi connectivity index (χ0n) is 12.3. The third-order valence-corrected chi connectivity index (χ3v) is 3.99. The molecule has 20 heavy (non-hydrogen) atoms. The topological polar surface area (TPSA) is 41.5 Å². The van der Waals surface area contributed by atoms with Crippen LogP contribution in [-0.4, -0.2) is 30.4 Å². The lowest BCUT2D eigenvalue weighted by Crippen LogP contribution is -2.55. The van der Waals surface area contributed by atoms with E-state index in [1.807, 2.05) is 0 Å². The highest BCUT2D eigenvalue weighted by Crippen LogP contribution is 2.40. The van der Waals surface area contributed by atoms with E-state index in [4.69, 9.17) is 4.74 Å². The average Bonchev–Trinajstić information content (AvgIpc) is 3.28. The van der Waals surface area contributed by atoms with Gasteiger partial charge in [-0.1, -0.05) is 6.92 Å². The van der Waals surface area contributed by atoms with Crippen LogP contribution in [0.1, 0.15) is 31.7 Å². The number of hydrogen-bond acceptors (Lipinski definition) is 3. The van der Waals surface area contributed by atoms with Gasteiger partial charge in [0.2, 0.25) is 0 Å². The van der Waals surface area contributed by atoms with Crippen molar-refractivity contribution in [2.45, 2.75) is 38.6 Å². The number of ether oxygens (including phenoxy) is 1. The zero-order chi connectivity index (χ0) is 14.6. The van der Waals surface area contributed by atoms with Gasteiger partial charge in [0.15, 0.2) is 0 Å². The maximum absolute atomic E-state index is 13.2. The molecule has 0 radical (unpaired) electrons. The minimum atomic E-state index is -0.363. The zero-order valence-corrected chi connectivity index (χ0v) is 12.3. The van der Waals surface area contributed by atoms with Gasteiger partial charge < -0.3 is 15.2 Å². The summed E-state index contributed by atoms with van der Waals surface area (Å²) in [6.07, 6.45) is 3.27. The van der Waals surface area contributed by atoms with Crippen molar-refractivity contribution in [2.75, 3.05) is 19.8 Å². The summed E-state index contributed by atoms with van der Waals surface area (Å²) in [5, 5.41) is 13.2. The van der Waals surface area contributed by atoms with E-state index in [1.165, 1.54) is 6.07 Å². The molecule has 2 rings (SSSR count). The van der Waals surface area contributed by atoms with Gasteiger partial charge in [0, 0.05) is 0 Å². The van der Waals surface area contributed by atoms with Gasteiger partial charge in [-0.2, -0.15) is 0 Å². The summed E-state index contributed by atoms with van der Waals surface area (Å²) < 4.78 is 19.0. The van der Waals surface area contributed by atoms with Crippen LogP contribution in [0.15, 0.2) is 18.2 Å². The molecule has 0 heterocycles. The van der Waals surface area contributed by atoms with Gasteiger partial charge in [-0.05, 0) is 62.4 Å². The summed E-state index contributed by atoms with van der Waals surface area (Å²) in [6.45, 7) is 5.17. The Kier molecular flexibility index (Phi) is 5.00. The van der Waals surface area contributed by atoms with E-state index in [9.17, 15) is 9.50 Å². The SMILES string of the molecule is CCCNC(CO)(COc1ccc(F)c(C)c1)C1CC1. The third kappa shape index (κ3) is 3.49. The molecule has 0 bridgehead atoms. The second kappa shape index (κ2) is 6.55. The van der Waals surface area contributed by atoms with Crippen molar-refractivity contribution in [2.24, 2.45) is 5.92 Å². The molecule has 4 heteroatoms. The number of rotatable bonds is 8. The predicted octanol–water partition coefficient (Wildman–Crippen LogP) is 2.65. The van der Waals surface area contributed by atoms with Crippen LogP contribution in [0.4, 0.5) is 4.39 Å². The predicted molar refractivity (Wildman–Crippen MR) is 77.5 cm³/mol. The van der Waals surface area contributed by atoms with Crippen LogP contribution in [0.2, 0.25) is 0 Å². The first-order chi connectivity index (χ1) is 9.61. The normalized spacial score (nSPS) is 17.8. The Morgan fingerprint density at radius 1 is 1.45 bits per heavy atom. The van der Waals surface area contributed by atoms with Crippen LogP contribution < -0.4 is 10.1 Å². The second-order valence-corrected chi connectivity index (χ2v) is 5.71. The first kappa shape index (κ1) is 15.3. The minimum Gasteiger partial charge on any atom is -0.492 e. The lowest BCUT2D eigenvalue weighted by atomic mass is 9.95. The van der Waals surface area contributed by atoms with Crippen molar-refractivity contribution >= 4 is 0 Å². The fraction of sp³-hybridized carbons (Fsp3) is 0.625. The van der Waals surface area contributed by atoms with Gasteiger partial charge in [0.1, 0.15) is 18.2 Å². The number of halogens is 1. The molecule has 1 aliphatic carbocycles. The van der Waals surface area contributed by atoms with Crippen molar-refractivity contribution in [3.05, 3.63) is 29.6 Å². The fourth-order valence-corrected chi connectivity index (χ4v) is 2.47. The lowest BCUT2D eigenvalue weighted by Gasteiger charge is -2.33. The number of nitrogens with one attached hydrogen (secondary N) is 1. The molecule has 1 aromatic rings. The van der Waals surface area contributed by atoms with Gasteiger partial charge in [0.25, 0.3) is 0 Å². The molecule has 0 amide bonds. The molecule has 3 nitrogen and oxygen atoms in total. The quantitative estimate of drug-likeness (QED) is 0.769.